The van der Waals surface area contributed by atoms with Crippen LogP contribution < -0.4 is 35.2 Å². The molecule has 0 aliphatic rings. The Labute approximate surface area is 220 Å². The second-order valence-corrected chi connectivity index (χ2v) is 8.14. The van der Waals surface area contributed by atoms with Crippen LogP contribution in [0.2, 0.25) is 6.32 Å². The molecule has 0 bridgehead atoms. The van der Waals surface area contributed by atoms with Gasteiger partial charge in [-0.15, -0.1) is 16.4 Å². The Hall–Kier alpha value is -2.73. The van der Waals surface area contributed by atoms with Crippen LogP contribution in [0.5, 0.6) is 0 Å². The molecule has 0 fully saturated rings. The molecule has 3 aromatic carbocycles. The van der Waals surface area contributed by atoms with Crippen molar-refractivity contribution in [1.82, 2.24) is 0 Å². The van der Waals surface area contributed by atoms with E-state index < -0.39 is 123 Å². The second-order valence-electron chi connectivity index (χ2n) is 8.14. The summed E-state index contributed by atoms with van der Waals surface area (Å²) in [6.45, 7) is 1.18. The maximum absolute atomic E-state index is 15.1. The van der Waals surface area contributed by atoms with E-state index in [1.807, 2.05) is 0 Å². The van der Waals surface area contributed by atoms with Crippen LogP contribution in [0, 0.1) is 87.3 Å². The average molecular weight is 576 g/mol. The van der Waals surface area contributed by atoms with Crippen molar-refractivity contribution in [2.24, 2.45) is 0 Å². The molecule has 0 nitrogen and oxygen atoms in total. The summed E-state index contributed by atoms with van der Waals surface area (Å²) in [5.41, 5.74) is -7.70. The minimum Gasteiger partial charge on any atom is -0.207 e. The first-order valence-corrected chi connectivity index (χ1v) is 10.3. The summed E-state index contributed by atoms with van der Waals surface area (Å²) in [5.74, 6) is -44.7. The van der Waals surface area contributed by atoms with Crippen molar-refractivity contribution >= 4 is 22.5 Å². The zero-order valence-corrected chi connectivity index (χ0v) is 19.4. The Morgan fingerprint density at radius 1 is 0.359 bits per heavy atom. The molecule has 39 heavy (non-hydrogen) atoms. The van der Waals surface area contributed by atoms with E-state index in [1.165, 1.54) is 6.92 Å². The zero-order valence-electron chi connectivity index (χ0n) is 19.4. The fourth-order valence-electron chi connectivity index (χ4n) is 4.54. The van der Waals surface area contributed by atoms with Gasteiger partial charge in [-0.1, -0.05) is 19.8 Å². The van der Waals surface area contributed by atoms with Crippen molar-refractivity contribution in [3.05, 3.63) is 87.3 Å². The SMILES string of the molecule is CCCC[B-](c1c(F)c(F)c(F)c(F)c1F)(c1c(F)c(F)c(F)c(F)c1F)c1c(F)c(F)c(F)c(F)c1F.[Li+]. The molecule has 0 radical (unpaired) electrons. The maximum Gasteiger partial charge on any atom is 1.00 e. The Balaban J connectivity index is 0.00000533. The van der Waals surface area contributed by atoms with Gasteiger partial charge in [0, 0.05) is 0 Å². The van der Waals surface area contributed by atoms with Gasteiger partial charge in [0.25, 0.3) is 0 Å². The van der Waals surface area contributed by atoms with Crippen molar-refractivity contribution in [2.45, 2.75) is 26.1 Å². The molecule has 0 N–H and O–H groups in total. The van der Waals surface area contributed by atoms with E-state index in [-0.39, 0.29) is 25.3 Å². The first-order valence-electron chi connectivity index (χ1n) is 10.3. The van der Waals surface area contributed by atoms with E-state index in [2.05, 4.69) is 0 Å². The van der Waals surface area contributed by atoms with Gasteiger partial charge in [-0.25, -0.2) is 65.9 Å². The third kappa shape index (κ3) is 4.59. The summed E-state index contributed by atoms with van der Waals surface area (Å²) in [5, 5.41) is 0. The molecular formula is C22H9BF15Li. The van der Waals surface area contributed by atoms with Crippen molar-refractivity contribution in [3.63, 3.8) is 0 Å². The van der Waals surface area contributed by atoms with E-state index in [9.17, 15) is 39.5 Å². The first kappa shape index (κ1) is 32.5. The van der Waals surface area contributed by atoms with Gasteiger partial charge in [-0.05, 0) is 0 Å². The van der Waals surface area contributed by atoms with Crippen molar-refractivity contribution < 1.29 is 84.7 Å². The van der Waals surface area contributed by atoms with Gasteiger partial charge < -0.3 is 0 Å². The summed E-state index contributed by atoms with van der Waals surface area (Å²) < 4.78 is 217. The first-order chi connectivity index (χ1) is 17.6. The molecule has 0 aliphatic carbocycles. The molecule has 3 rings (SSSR count). The topological polar surface area (TPSA) is 0 Å². The minimum absolute atomic E-state index is 0. The molecule has 0 unspecified atom stereocenters. The molecule has 0 aliphatic heterocycles. The quantitative estimate of drug-likeness (QED) is 0.184. The van der Waals surface area contributed by atoms with Gasteiger partial charge in [0.1, 0.15) is 41.0 Å². The molecule has 0 saturated carbocycles. The molecule has 0 heterocycles. The van der Waals surface area contributed by atoms with Crippen LogP contribution in [-0.2, 0) is 0 Å². The van der Waals surface area contributed by atoms with Gasteiger partial charge in [0.2, 0.25) is 0 Å². The number of hydrogen-bond acceptors (Lipinski definition) is 0. The Bertz CT molecular complexity index is 1220. The van der Waals surface area contributed by atoms with E-state index >= 15 is 26.3 Å². The Morgan fingerprint density at radius 3 is 0.718 bits per heavy atom. The van der Waals surface area contributed by atoms with Crippen LogP contribution in [0.3, 0.4) is 0 Å². The summed E-state index contributed by atoms with van der Waals surface area (Å²) in [4.78, 5) is 0. The fraction of sp³-hybridized carbons (Fsp3) is 0.182. The zero-order chi connectivity index (χ0) is 29.0. The van der Waals surface area contributed by atoms with E-state index in [0.717, 1.165) is 0 Å². The fourth-order valence-corrected chi connectivity index (χ4v) is 4.54. The molecule has 3 aromatic rings. The van der Waals surface area contributed by atoms with Crippen molar-refractivity contribution in [1.29, 1.82) is 0 Å². The van der Waals surface area contributed by atoms with Crippen LogP contribution in [0.1, 0.15) is 19.8 Å². The molecule has 0 saturated heterocycles. The van der Waals surface area contributed by atoms with E-state index in [4.69, 9.17) is 0 Å². The van der Waals surface area contributed by atoms with Crippen LogP contribution in [0.25, 0.3) is 0 Å². The maximum atomic E-state index is 15.1. The number of hydrogen-bond donors (Lipinski definition) is 0. The third-order valence-electron chi connectivity index (χ3n) is 6.20. The second kappa shape index (κ2) is 11.4. The summed E-state index contributed by atoms with van der Waals surface area (Å²) in [6.07, 6.45) is -8.14. The van der Waals surface area contributed by atoms with E-state index in [1.54, 1.807) is 0 Å². The molecule has 0 aromatic heterocycles. The standard InChI is InChI=1S/C22H9BF15.Li/c1-2-3-4-23(5-8(24)14(30)20(36)15(31)9(5)25,6-10(26)16(32)21(37)17(33)11(6)27)7-12(28)18(34)22(38)19(35)13(7)29;/h2-4H2,1H3;/q-1;+1. The predicted octanol–water partition coefficient (Wildman–Crippen LogP) is 3.05. The van der Waals surface area contributed by atoms with E-state index in [0.29, 0.717) is 0 Å². The number of benzene rings is 3. The van der Waals surface area contributed by atoms with Gasteiger partial charge in [0.15, 0.2) is 52.4 Å². The predicted molar refractivity (Wildman–Crippen MR) is 103 cm³/mol. The van der Waals surface area contributed by atoms with Gasteiger partial charge >= 0.3 is 18.9 Å². The van der Waals surface area contributed by atoms with Gasteiger partial charge in [-0.3, -0.25) is 0 Å². The number of rotatable bonds is 6. The third-order valence-corrected chi connectivity index (χ3v) is 6.20. The average Bonchev–Trinajstić information content (AvgIpc) is 2.89. The largest absolute Gasteiger partial charge is 1.00 e. The summed E-state index contributed by atoms with van der Waals surface area (Å²) in [6, 6.07) is 0. The summed E-state index contributed by atoms with van der Waals surface area (Å²) in [7, 11) is 0. The van der Waals surface area contributed by atoms with Crippen molar-refractivity contribution in [3.8, 4) is 0 Å². The molecular weight excluding hydrogens is 567 g/mol. The van der Waals surface area contributed by atoms with Crippen molar-refractivity contribution in [2.75, 3.05) is 0 Å². The smallest absolute Gasteiger partial charge is 0.207 e. The molecule has 0 spiro atoms. The van der Waals surface area contributed by atoms with Crippen LogP contribution in [-0.4, -0.2) is 6.15 Å². The van der Waals surface area contributed by atoms with Crippen LogP contribution >= 0.6 is 0 Å². The minimum atomic E-state index is -5.41. The van der Waals surface area contributed by atoms with Crippen LogP contribution in [0.4, 0.5) is 65.9 Å². The molecule has 0 atom stereocenters. The van der Waals surface area contributed by atoms with Gasteiger partial charge in [-0.2, -0.15) is 6.32 Å². The Kier molecular flexibility index (Phi) is 9.50. The van der Waals surface area contributed by atoms with Gasteiger partial charge in [0.05, 0.1) is 0 Å². The van der Waals surface area contributed by atoms with Crippen LogP contribution in [0.15, 0.2) is 0 Å². The molecule has 206 valence electrons. The normalized spacial score (nSPS) is 11.7. The number of halogens is 15. The number of unbranched alkanes of at least 4 members (excludes halogenated alkanes) is 1. The molecule has 0 amide bonds. The Morgan fingerprint density at radius 2 is 0.538 bits per heavy atom. The summed E-state index contributed by atoms with van der Waals surface area (Å²) >= 11 is 0. The monoisotopic (exact) mass is 576 g/mol. The molecule has 17 heteroatoms.